The van der Waals surface area contributed by atoms with E-state index >= 15 is 0 Å². The molecule has 2 heterocycles. The predicted molar refractivity (Wildman–Crippen MR) is 107 cm³/mol. The molecule has 0 aromatic heterocycles. The van der Waals surface area contributed by atoms with Crippen molar-refractivity contribution in [2.24, 2.45) is 0 Å². The van der Waals surface area contributed by atoms with Crippen molar-refractivity contribution in [3.63, 3.8) is 0 Å². The lowest BCUT2D eigenvalue weighted by atomic mass is 9.95. The summed E-state index contributed by atoms with van der Waals surface area (Å²) in [4.78, 5) is 29.2. The molecule has 0 spiro atoms. The Morgan fingerprint density at radius 1 is 1.10 bits per heavy atom. The highest BCUT2D eigenvalue weighted by atomic mass is 16.7. The quantitative estimate of drug-likeness (QED) is 0.477. The van der Waals surface area contributed by atoms with Gasteiger partial charge in [0.2, 0.25) is 6.79 Å². The van der Waals surface area contributed by atoms with Gasteiger partial charge in [-0.3, -0.25) is 9.59 Å². The molecule has 1 atom stereocenters. The van der Waals surface area contributed by atoms with Crippen LogP contribution in [0.25, 0.3) is 5.76 Å². The van der Waals surface area contributed by atoms with E-state index < -0.39 is 17.7 Å². The fourth-order valence-electron chi connectivity index (χ4n) is 3.60. The van der Waals surface area contributed by atoms with Gasteiger partial charge in [-0.2, -0.15) is 0 Å². The summed E-state index contributed by atoms with van der Waals surface area (Å²) >= 11 is 0. The number of carbonyl (C=O) groups is 2. The first kappa shape index (κ1) is 19.0. The highest BCUT2D eigenvalue weighted by Gasteiger charge is 2.46. The molecule has 4 rings (SSSR count). The van der Waals surface area contributed by atoms with E-state index in [2.05, 4.69) is 0 Å². The Morgan fingerprint density at radius 2 is 1.83 bits per heavy atom. The normalized spacial score (nSPS) is 20.0. The highest BCUT2D eigenvalue weighted by Crippen LogP contribution is 2.42. The van der Waals surface area contributed by atoms with E-state index in [1.165, 1.54) is 4.90 Å². The molecule has 2 aromatic rings. The van der Waals surface area contributed by atoms with Crippen LogP contribution in [0.1, 0.15) is 17.2 Å². The number of nitrogens with zero attached hydrogens (tertiary/aromatic N) is 2. The van der Waals surface area contributed by atoms with Gasteiger partial charge in [0.1, 0.15) is 5.76 Å². The Labute approximate surface area is 168 Å². The molecule has 2 aliphatic rings. The lowest BCUT2D eigenvalue weighted by Gasteiger charge is -2.26. The Bertz CT molecular complexity index is 984. The maximum absolute atomic E-state index is 12.9. The summed E-state index contributed by atoms with van der Waals surface area (Å²) in [5, 5.41) is 10.9. The third-order valence-electron chi connectivity index (χ3n) is 5.09. The number of likely N-dealkylation sites (N-methyl/N-ethyl adjacent to an activating group) is 1. The molecule has 0 saturated carbocycles. The number of Topliss-reactive ketones (excluding diaryl/α,β-unsaturated/α-hetero) is 1. The molecule has 0 bridgehead atoms. The number of aliphatic hydroxyl groups excluding tert-OH is 1. The Hall–Kier alpha value is -3.32. The lowest BCUT2D eigenvalue weighted by molar-refractivity contribution is -0.140. The van der Waals surface area contributed by atoms with Crippen LogP contribution < -0.4 is 9.47 Å². The fraction of sp³-hybridized carbons (Fsp3) is 0.273. The fourth-order valence-corrected chi connectivity index (χ4v) is 3.60. The second-order valence-electron chi connectivity index (χ2n) is 7.27. The molecule has 1 N–H and O–H groups in total. The zero-order valence-electron chi connectivity index (χ0n) is 16.3. The molecule has 2 aromatic carbocycles. The smallest absolute Gasteiger partial charge is 0.295 e. The van der Waals surface area contributed by atoms with Gasteiger partial charge in [-0.15, -0.1) is 0 Å². The molecular formula is C22H22N2O5. The molecule has 0 aliphatic carbocycles. The van der Waals surface area contributed by atoms with E-state index in [1.54, 1.807) is 42.5 Å². The maximum Gasteiger partial charge on any atom is 0.295 e. The van der Waals surface area contributed by atoms with Gasteiger partial charge in [-0.25, -0.2) is 0 Å². The van der Waals surface area contributed by atoms with Crippen LogP contribution in [0.3, 0.4) is 0 Å². The van der Waals surface area contributed by atoms with Crippen molar-refractivity contribution in [1.82, 2.24) is 9.80 Å². The van der Waals surface area contributed by atoms with Crippen LogP contribution in [0, 0.1) is 0 Å². The van der Waals surface area contributed by atoms with Crippen molar-refractivity contribution in [3.8, 4) is 11.5 Å². The second-order valence-corrected chi connectivity index (χ2v) is 7.27. The van der Waals surface area contributed by atoms with E-state index in [0.717, 1.165) is 0 Å². The molecule has 7 nitrogen and oxygen atoms in total. The highest BCUT2D eigenvalue weighted by molar-refractivity contribution is 6.46. The van der Waals surface area contributed by atoms with Crippen LogP contribution >= 0.6 is 0 Å². The molecular weight excluding hydrogens is 372 g/mol. The third-order valence-corrected chi connectivity index (χ3v) is 5.09. The molecule has 1 fully saturated rings. The average Bonchev–Trinajstić information content (AvgIpc) is 3.29. The first-order valence-corrected chi connectivity index (χ1v) is 9.35. The summed E-state index contributed by atoms with van der Waals surface area (Å²) in [6.07, 6.45) is 0. The number of rotatable bonds is 5. The number of ether oxygens (including phenoxy) is 2. The first-order valence-electron chi connectivity index (χ1n) is 9.35. The predicted octanol–water partition coefficient (Wildman–Crippen LogP) is 2.40. The van der Waals surface area contributed by atoms with Crippen LogP contribution in [-0.2, 0) is 9.59 Å². The minimum atomic E-state index is -0.704. The van der Waals surface area contributed by atoms with Crippen molar-refractivity contribution in [2.45, 2.75) is 6.04 Å². The summed E-state index contributed by atoms with van der Waals surface area (Å²) in [5.41, 5.74) is 1.26. The lowest BCUT2D eigenvalue weighted by Crippen LogP contribution is -2.35. The minimum Gasteiger partial charge on any atom is -0.507 e. The van der Waals surface area contributed by atoms with Crippen LogP contribution in [0.15, 0.2) is 54.1 Å². The van der Waals surface area contributed by atoms with Crippen LogP contribution in [0.5, 0.6) is 11.5 Å². The number of carbonyl (C=O) groups excluding carboxylic acids is 2. The number of benzene rings is 2. The topological polar surface area (TPSA) is 79.3 Å². The summed E-state index contributed by atoms with van der Waals surface area (Å²) in [6.45, 7) is 1.06. The summed E-state index contributed by atoms with van der Waals surface area (Å²) < 4.78 is 10.8. The van der Waals surface area contributed by atoms with Crippen LogP contribution in [0.2, 0.25) is 0 Å². The molecule has 1 amide bonds. The molecule has 1 saturated heterocycles. The second kappa shape index (κ2) is 7.60. The molecule has 150 valence electrons. The maximum atomic E-state index is 12.9. The molecule has 29 heavy (non-hydrogen) atoms. The number of ketones is 1. The molecule has 0 radical (unpaired) electrons. The number of aliphatic hydroxyl groups is 1. The average molecular weight is 394 g/mol. The minimum absolute atomic E-state index is 0.0822. The monoisotopic (exact) mass is 394 g/mol. The van der Waals surface area contributed by atoms with Crippen molar-refractivity contribution in [1.29, 1.82) is 0 Å². The number of amides is 1. The Balaban J connectivity index is 1.84. The van der Waals surface area contributed by atoms with Gasteiger partial charge < -0.3 is 24.4 Å². The van der Waals surface area contributed by atoms with E-state index in [-0.39, 0.29) is 18.1 Å². The zero-order valence-corrected chi connectivity index (χ0v) is 16.3. The number of hydrogen-bond donors (Lipinski definition) is 1. The summed E-state index contributed by atoms with van der Waals surface area (Å²) in [7, 11) is 3.80. The number of likely N-dealkylation sites (tertiary alicyclic amines) is 1. The SMILES string of the molecule is CN(C)CCN1C(=O)C(=O)C(=C(O)c2ccccc2)[C@@H]1c1ccc2c(c1)OCO2. The van der Waals surface area contributed by atoms with Gasteiger partial charge in [0, 0.05) is 18.7 Å². The van der Waals surface area contributed by atoms with Gasteiger partial charge in [-0.05, 0) is 31.8 Å². The Kier molecular flexibility index (Phi) is 4.98. The van der Waals surface area contributed by atoms with Gasteiger partial charge >= 0.3 is 0 Å². The third kappa shape index (κ3) is 3.45. The van der Waals surface area contributed by atoms with Gasteiger partial charge in [0.25, 0.3) is 11.7 Å². The van der Waals surface area contributed by atoms with Gasteiger partial charge in [0.05, 0.1) is 11.6 Å². The first-order chi connectivity index (χ1) is 14.0. The Morgan fingerprint density at radius 3 is 2.55 bits per heavy atom. The molecule has 0 unspecified atom stereocenters. The van der Waals surface area contributed by atoms with E-state index in [0.29, 0.717) is 35.7 Å². The number of fused-ring (bicyclic) bond motifs is 1. The largest absolute Gasteiger partial charge is 0.507 e. The summed E-state index contributed by atoms with van der Waals surface area (Å²) in [5.74, 6) is -0.318. The van der Waals surface area contributed by atoms with Crippen LogP contribution in [-0.4, -0.2) is 60.6 Å². The van der Waals surface area contributed by atoms with Crippen molar-refractivity contribution >= 4 is 17.4 Å². The van der Waals surface area contributed by atoms with E-state index in [9.17, 15) is 14.7 Å². The van der Waals surface area contributed by atoms with Crippen LogP contribution in [0.4, 0.5) is 0 Å². The van der Waals surface area contributed by atoms with Gasteiger partial charge in [-0.1, -0.05) is 36.4 Å². The zero-order chi connectivity index (χ0) is 20.5. The van der Waals surface area contributed by atoms with Crippen molar-refractivity contribution in [3.05, 3.63) is 65.2 Å². The molecule has 2 aliphatic heterocycles. The number of hydrogen-bond acceptors (Lipinski definition) is 6. The van der Waals surface area contributed by atoms with E-state index in [4.69, 9.17) is 9.47 Å². The van der Waals surface area contributed by atoms with Crippen molar-refractivity contribution < 1.29 is 24.2 Å². The van der Waals surface area contributed by atoms with E-state index in [1.807, 2.05) is 25.1 Å². The molecule has 7 heteroatoms. The standard InChI is InChI=1S/C22H22N2O5/c1-23(2)10-11-24-19(15-8-9-16-17(12-15)29-13-28-16)18(21(26)22(24)27)20(25)14-6-4-3-5-7-14/h3-9,12,19,25H,10-11,13H2,1-2H3/t19-/m0/s1. The summed E-state index contributed by atoms with van der Waals surface area (Å²) in [6, 6.07) is 13.4. The van der Waals surface area contributed by atoms with Crippen molar-refractivity contribution in [2.75, 3.05) is 34.0 Å². The van der Waals surface area contributed by atoms with Gasteiger partial charge in [0.15, 0.2) is 11.5 Å².